The molecule has 8 nitrogen and oxygen atoms in total. The number of anilines is 1. The van der Waals surface area contributed by atoms with Crippen LogP contribution in [0, 0.1) is 4.84 Å². The normalized spacial score (nSPS) is 10.9. The summed E-state index contributed by atoms with van der Waals surface area (Å²) in [7, 11) is 3.36. The molecule has 0 bridgehead atoms. The second kappa shape index (κ2) is 7.98. The molecule has 0 fully saturated rings. The molecule has 3 rings (SSSR count). The van der Waals surface area contributed by atoms with Crippen LogP contribution in [0.25, 0.3) is 11.7 Å². The van der Waals surface area contributed by atoms with Crippen molar-refractivity contribution < 1.29 is 18.4 Å². The number of carbonyl (C=O) groups excluding carboxylic acids is 1. The van der Waals surface area contributed by atoms with Gasteiger partial charge in [0.25, 0.3) is 10.7 Å². The fourth-order valence-electron chi connectivity index (χ4n) is 2.32. The molecular weight excluding hydrogens is 356 g/mol. The standard InChI is InChI=1S/C17H18N4O4S/c1-20(10-15(22)18-12-5-3-6-13(9-12)23-2)11-21-17(26)25-16(19-21)14-7-4-8-24-14/h3-9H,10-11H2,1-2H3,(H,18,22). The Kier molecular flexibility index (Phi) is 5.49. The number of likely N-dealkylation sites (N-methyl/N-ethyl adjacent to an activating group) is 1. The number of benzene rings is 1. The highest BCUT2D eigenvalue weighted by atomic mass is 32.1. The number of hydrogen-bond donors (Lipinski definition) is 1. The van der Waals surface area contributed by atoms with Crippen molar-refractivity contribution in [3.8, 4) is 17.4 Å². The van der Waals surface area contributed by atoms with Gasteiger partial charge in [-0.05, 0) is 43.5 Å². The summed E-state index contributed by atoms with van der Waals surface area (Å²) in [5, 5.41) is 7.09. The van der Waals surface area contributed by atoms with E-state index in [2.05, 4.69) is 10.4 Å². The maximum absolute atomic E-state index is 12.2. The zero-order chi connectivity index (χ0) is 18.5. The highest BCUT2D eigenvalue weighted by Crippen LogP contribution is 2.18. The molecule has 2 heterocycles. The van der Waals surface area contributed by atoms with Crippen molar-refractivity contribution in [2.24, 2.45) is 0 Å². The Morgan fingerprint density at radius 3 is 2.96 bits per heavy atom. The molecule has 0 saturated carbocycles. The molecule has 0 unspecified atom stereocenters. The Bertz CT molecular complexity index is 932. The molecule has 0 atom stereocenters. The summed E-state index contributed by atoms with van der Waals surface area (Å²) in [5.41, 5.74) is 0.668. The van der Waals surface area contributed by atoms with Crippen molar-refractivity contribution >= 4 is 23.8 Å². The Morgan fingerprint density at radius 1 is 1.38 bits per heavy atom. The van der Waals surface area contributed by atoms with Crippen LogP contribution in [0.1, 0.15) is 0 Å². The first-order chi connectivity index (χ1) is 12.5. The van der Waals surface area contributed by atoms with Crippen LogP contribution in [0.2, 0.25) is 0 Å². The molecule has 3 aromatic rings. The number of amides is 1. The fourth-order valence-corrected chi connectivity index (χ4v) is 2.50. The Labute approximate surface area is 155 Å². The molecule has 0 radical (unpaired) electrons. The van der Waals surface area contributed by atoms with Crippen molar-refractivity contribution in [2.45, 2.75) is 6.67 Å². The number of hydrogen-bond acceptors (Lipinski definition) is 7. The minimum absolute atomic E-state index is 0.155. The summed E-state index contributed by atoms with van der Waals surface area (Å²) in [6.45, 7) is 0.455. The quantitative estimate of drug-likeness (QED) is 0.636. The lowest BCUT2D eigenvalue weighted by Gasteiger charge is -2.15. The lowest BCUT2D eigenvalue weighted by atomic mass is 10.3. The van der Waals surface area contributed by atoms with E-state index in [1.807, 2.05) is 12.1 Å². The first-order valence-electron chi connectivity index (χ1n) is 7.79. The molecular formula is C17H18N4O4S. The Morgan fingerprint density at radius 2 is 2.23 bits per heavy atom. The summed E-state index contributed by atoms with van der Waals surface area (Å²) < 4.78 is 17.3. The number of methoxy groups -OCH3 is 1. The minimum Gasteiger partial charge on any atom is -0.497 e. The van der Waals surface area contributed by atoms with Gasteiger partial charge in [0, 0.05) is 11.8 Å². The van der Waals surface area contributed by atoms with Gasteiger partial charge in [-0.3, -0.25) is 9.69 Å². The lowest BCUT2D eigenvalue weighted by molar-refractivity contribution is -0.117. The minimum atomic E-state index is -0.165. The van der Waals surface area contributed by atoms with E-state index >= 15 is 0 Å². The van der Waals surface area contributed by atoms with Crippen molar-refractivity contribution in [3.63, 3.8) is 0 Å². The third kappa shape index (κ3) is 4.38. The van der Waals surface area contributed by atoms with Gasteiger partial charge in [0.2, 0.25) is 5.91 Å². The van der Waals surface area contributed by atoms with E-state index in [4.69, 9.17) is 25.8 Å². The van der Waals surface area contributed by atoms with Crippen molar-refractivity contribution in [3.05, 3.63) is 47.5 Å². The summed E-state index contributed by atoms with van der Waals surface area (Å²) in [4.78, 5) is 14.2. The molecule has 0 aliphatic carbocycles. The Balaban J connectivity index is 1.59. The maximum atomic E-state index is 12.2. The van der Waals surface area contributed by atoms with Gasteiger partial charge in [0.05, 0.1) is 26.6 Å². The first kappa shape index (κ1) is 17.9. The largest absolute Gasteiger partial charge is 0.497 e. The maximum Gasteiger partial charge on any atom is 0.288 e. The summed E-state index contributed by atoms with van der Waals surface area (Å²) in [6, 6.07) is 10.6. The van der Waals surface area contributed by atoms with E-state index in [1.54, 1.807) is 43.3 Å². The summed E-state index contributed by atoms with van der Waals surface area (Å²) >= 11 is 5.16. The van der Waals surface area contributed by atoms with Gasteiger partial charge < -0.3 is 18.9 Å². The third-order valence-electron chi connectivity index (χ3n) is 3.48. The molecule has 1 aromatic carbocycles. The highest BCUT2D eigenvalue weighted by molar-refractivity contribution is 7.71. The number of carbonyl (C=O) groups is 1. The number of nitrogens with zero attached hydrogens (tertiary/aromatic N) is 3. The van der Waals surface area contributed by atoms with Gasteiger partial charge in [-0.1, -0.05) is 6.07 Å². The van der Waals surface area contributed by atoms with Crippen LogP contribution in [0.15, 0.2) is 51.5 Å². The van der Waals surface area contributed by atoms with Crippen LogP contribution in [0.4, 0.5) is 5.69 Å². The molecule has 0 spiro atoms. The van der Waals surface area contributed by atoms with E-state index in [-0.39, 0.29) is 17.3 Å². The molecule has 1 amide bonds. The van der Waals surface area contributed by atoms with Gasteiger partial charge >= 0.3 is 0 Å². The van der Waals surface area contributed by atoms with Crippen molar-refractivity contribution in [2.75, 3.05) is 26.0 Å². The average Bonchev–Trinajstić information content (AvgIpc) is 3.25. The van der Waals surface area contributed by atoms with Gasteiger partial charge in [0.15, 0.2) is 5.76 Å². The SMILES string of the molecule is COc1cccc(NC(=O)CN(C)Cn2nc(-c3ccco3)oc2=S)c1. The molecule has 0 aliphatic heterocycles. The number of furan rings is 1. The molecule has 0 saturated heterocycles. The molecule has 26 heavy (non-hydrogen) atoms. The van der Waals surface area contributed by atoms with Crippen LogP contribution in [0.5, 0.6) is 5.75 Å². The summed E-state index contributed by atoms with van der Waals surface area (Å²) in [6.07, 6.45) is 1.53. The lowest BCUT2D eigenvalue weighted by Crippen LogP contribution is -2.32. The summed E-state index contributed by atoms with van der Waals surface area (Å²) in [5.74, 6) is 1.31. The van der Waals surface area contributed by atoms with Crippen LogP contribution < -0.4 is 10.1 Å². The first-order valence-corrected chi connectivity index (χ1v) is 8.20. The molecule has 9 heteroatoms. The molecule has 136 valence electrons. The fraction of sp³-hybridized carbons (Fsp3) is 0.235. The third-order valence-corrected chi connectivity index (χ3v) is 3.77. The topological polar surface area (TPSA) is 85.7 Å². The van der Waals surface area contributed by atoms with Crippen molar-refractivity contribution in [1.29, 1.82) is 0 Å². The number of ether oxygens (including phenoxy) is 1. The zero-order valence-corrected chi connectivity index (χ0v) is 15.2. The van der Waals surface area contributed by atoms with Crippen LogP contribution in [-0.4, -0.2) is 41.3 Å². The Hall–Kier alpha value is -2.91. The van der Waals surface area contributed by atoms with E-state index in [9.17, 15) is 4.79 Å². The predicted octanol–water partition coefficient (Wildman–Crippen LogP) is 3.00. The van der Waals surface area contributed by atoms with E-state index in [0.717, 1.165) is 0 Å². The molecule has 2 aromatic heterocycles. The smallest absolute Gasteiger partial charge is 0.288 e. The molecule has 0 aliphatic rings. The van der Waals surface area contributed by atoms with Gasteiger partial charge in [-0.2, -0.15) is 0 Å². The second-order valence-corrected chi connectivity index (χ2v) is 5.93. The number of nitrogens with one attached hydrogen (secondary N) is 1. The van der Waals surface area contributed by atoms with Crippen LogP contribution in [0.3, 0.4) is 0 Å². The highest BCUT2D eigenvalue weighted by Gasteiger charge is 2.13. The van der Waals surface area contributed by atoms with E-state index < -0.39 is 0 Å². The van der Waals surface area contributed by atoms with Gasteiger partial charge in [0.1, 0.15) is 5.75 Å². The van der Waals surface area contributed by atoms with E-state index in [1.165, 1.54) is 10.9 Å². The van der Waals surface area contributed by atoms with Crippen LogP contribution >= 0.6 is 12.2 Å². The number of rotatable bonds is 7. The monoisotopic (exact) mass is 374 g/mol. The number of aromatic nitrogens is 2. The van der Waals surface area contributed by atoms with Gasteiger partial charge in [-0.15, -0.1) is 5.10 Å². The predicted molar refractivity (Wildman–Crippen MR) is 97.3 cm³/mol. The van der Waals surface area contributed by atoms with Crippen LogP contribution in [-0.2, 0) is 11.5 Å². The zero-order valence-electron chi connectivity index (χ0n) is 14.3. The second-order valence-electron chi connectivity index (χ2n) is 5.59. The average molecular weight is 374 g/mol. The molecule has 1 N–H and O–H groups in total. The van der Waals surface area contributed by atoms with E-state index in [0.29, 0.717) is 29.8 Å². The van der Waals surface area contributed by atoms with Gasteiger partial charge in [-0.25, -0.2) is 4.68 Å². The van der Waals surface area contributed by atoms with Crippen molar-refractivity contribution in [1.82, 2.24) is 14.7 Å².